The maximum atomic E-state index is 13.5. The molecule has 0 unspecified atom stereocenters. The zero-order valence-electron chi connectivity index (χ0n) is 21.1. The monoisotopic (exact) mass is 585 g/mol. The second-order valence-electron chi connectivity index (χ2n) is 8.22. The quantitative estimate of drug-likeness (QED) is 0.202. The number of ether oxygens (including phenoxy) is 1. The van der Waals surface area contributed by atoms with Gasteiger partial charge in [0.05, 0.1) is 40.3 Å². The van der Waals surface area contributed by atoms with E-state index in [9.17, 15) is 13.2 Å². The van der Waals surface area contributed by atoms with Crippen LogP contribution in [0.1, 0.15) is 18.2 Å². The number of rotatable bonds is 10. The second-order valence-corrected chi connectivity index (χ2v) is 10.9. The molecule has 4 rings (SSSR count). The number of hydrogen-bond acceptors (Lipinski definition) is 6. The van der Waals surface area contributed by atoms with E-state index < -0.39 is 22.5 Å². The van der Waals surface area contributed by atoms with Crippen molar-refractivity contribution in [1.29, 1.82) is 0 Å². The highest BCUT2D eigenvalue weighted by atomic mass is 35.5. The largest absolute Gasteiger partial charge is 0.494 e. The van der Waals surface area contributed by atoms with Gasteiger partial charge in [-0.1, -0.05) is 41.4 Å². The molecule has 1 N–H and O–H groups in total. The molecule has 1 amide bonds. The van der Waals surface area contributed by atoms with Crippen molar-refractivity contribution in [3.8, 4) is 11.4 Å². The number of halogens is 2. The summed E-state index contributed by atoms with van der Waals surface area (Å²) in [6, 6.07) is 21.5. The van der Waals surface area contributed by atoms with Gasteiger partial charge >= 0.3 is 0 Å². The summed E-state index contributed by atoms with van der Waals surface area (Å²) in [6.45, 7) is 3.59. The van der Waals surface area contributed by atoms with Crippen molar-refractivity contribution in [2.75, 3.05) is 17.5 Å². The summed E-state index contributed by atoms with van der Waals surface area (Å²) in [5, 5.41) is 8.92. The third kappa shape index (κ3) is 6.59. The molecule has 0 spiro atoms. The Bertz CT molecular complexity index is 1570. The number of para-hydroxylation sites is 1. The average Bonchev–Trinajstić information content (AvgIpc) is 3.21. The Hall–Kier alpha value is -3.86. The molecular weight excluding hydrogens is 561 g/mol. The Morgan fingerprint density at radius 3 is 2.36 bits per heavy atom. The number of hydrogen-bond donors (Lipinski definition) is 1. The van der Waals surface area contributed by atoms with Gasteiger partial charge in [0.1, 0.15) is 12.3 Å². The molecule has 0 fully saturated rings. The highest BCUT2D eigenvalue weighted by Crippen LogP contribution is 2.27. The molecule has 39 heavy (non-hydrogen) atoms. The Labute approximate surface area is 236 Å². The fourth-order valence-electron chi connectivity index (χ4n) is 3.71. The summed E-state index contributed by atoms with van der Waals surface area (Å²) >= 11 is 12.2. The Kier molecular flexibility index (Phi) is 8.90. The normalized spacial score (nSPS) is 11.5. The van der Waals surface area contributed by atoms with E-state index in [-0.39, 0.29) is 15.7 Å². The van der Waals surface area contributed by atoms with Gasteiger partial charge in [0.2, 0.25) is 0 Å². The molecule has 1 aromatic heterocycles. The third-order valence-electron chi connectivity index (χ3n) is 5.63. The van der Waals surface area contributed by atoms with Gasteiger partial charge < -0.3 is 4.74 Å². The molecule has 9 nitrogen and oxygen atoms in total. The lowest BCUT2D eigenvalue weighted by Crippen LogP contribution is -2.39. The van der Waals surface area contributed by atoms with Crippen molar-refractivity contribution in [3.63, 3.8) is 0 Å². The molecule has 0 aliphatic carbocycles. The van der Waals surface area contributed by atoms with Crippen molar-refractivity contribution in [3.05, 3.63) is 100 Å². The number of amides is 1. The van der Waals surface area contributed by atoms with Gasteiger partial charge in [0.15, 0.2) is 5.15 Å². The van der Waals surface area contributed by atoms with Crippen LogP contribution in [0.5, 0.6) is 5.75 Å². The number of carbonyl (C=O) groups is 1. The smallest absolute Gasteiger partial charge is 0.264 e. The summed E-state index contributed by atoms with van der Waals surface area (Å²) < 4.78 is 35.1. The lowest BCUT2D eigenvalue weighted by atomic mass is 10.2. The van der Waals surface area contributed by atoms with Crippen LogP contribution < -0.4 is 14.5 Å². The number of aromatic nitrogens is 2. The summed E-state index contributed by atoms with van der Waals surface area (Å²) in [4.78, 5) is 12.9. The predicted molar refractivity (Wildman–Crippen MR) is 153 cm³/mol. The standard InChI is InChI=1S/C27H25Cl2N5O4S/c1-3-38-23-13-11-21(12-14-23)33(39(36,37)24-15-9-20(28)10-16-24)18-26(35)31-30-17-25-19(2)34(32-27(25)29)22-7-5-4-6-8-22/h4-17H,3,18H2,1-2H3,(H,31,35)/b30-17-. The van der Waals surface area contributed by atoms with Crippen LogP contribution in [0.25, 0.3) is 5.69 Å². The summed E-state index contributed by atoms with van der Waals surface area (Å²) in [5.74, 6) is -0.0932. The van der Waals surface area contributed by atoms with Gasteiger partial charge in [-0.25, -0.2) is 18.5 Å². The molecule has 0 atom stereocenters. The van der Waals surface area contributed by atoms with E-state index in [4.69, 9.17) is 27.9 Å². The maximum Gasteiger partial charge on any atom is 0.264 e. The topological polar surface area (TPSA) is 106 Å². The highest BCUT2D eigenvalue weighted by Gasteiger charge is 2.27. The van der Waals surface area contributed by atoms with Crippen LogP contribution in [0.3, 0.4) is 0 Å². The fraction of sp³-hybridized carbons (Fsp3) is 0.148. The number of hydrazone groups is 1. The first-order valence-electron chi connectivity index (χ1n) is 11.8. The Balaban J connectivity index is 1.56. The minimum atomic E-state index is -4.12. The lowest BCUT2D eigenvalue weighted by Gasteiger charge is -2.24. The molecule has 4 aromatic rings. The van der Waals surface area contributed by atoms with Crippen LogP contribution in [0.4, 0.5) is 5.69 Å². The molecule has 0 radical (unpaired) electrons. The second kappa shape index (κ2) is 12.3. The lowest BCUT2D eigenvalue weighted by molar-refractivity contribution is -0.119. The van der Waals surface area contributed by atoms with Gasteiger partial charge in [-0.2, -0.15) is 10.2 Å². The van der Waals surface area contributed by atoms with E-state index in [0.717, 1.165) is 9.99 Å². The van der Waals surface area contributed by atoms with Crippen molar-refractivity contribution in [1.82, 2.24) is 15.2 Å². The molecule has 1 heterocycles. The van der Waals surface area contributed by atoms with Gasteiger partial charge in [-0.15, -0.1) is 0 Å². The Morgan fingerprint density at radius 2 is 1.72 bits per heavy atom. The number of anilines is 1. The molecule has 0 saturated carbocycles. The molecular formula is C27H25Cl2N5O4S. The molecule has 202 valence electrons. The van der Waals surface area contributed by atoms with Gasteiger partial charge in [0, 0.05) is 5.02 Å². The fourth-order valence-corrected chi connectivity index (χ4v) is 5.51. The van der Waals surface area contributed by atoms with Crippen LogP contribution in [0.15, 0.2) is 88.9 Å². The van der Waals surface area contributed by atoms with Crippen molar-refractivity contribution < 1.29 is 17.9 Å². The minimum absolute atomic E-state index is 0.0205. The van der Waals surface area contributed by atoms with Crippen LogP contribution >= 0.6 is 23.2 Å². The van der Waals surface area contributed by atoms with E-state index in [1.54, 1.807) is 28.9 Å². The number of benzene rings is 3. The van der Waals surface area contributed by atoms with Gasteiger partial charge in [-0.05, 0) is 74.5 Å². The van der Waals surface area contributed by atoms with Crippen LogP contribution in [-0.2, 0) is 14.8 Å². The SMILES string of the molecule is CCOc1ccc(N(CC(=O)N/N=C\c2c(Cl)nn(-c3ccccc3)c2C)S(=O)(=O)c2ccc(Cl)cc2)cc1. The van der Waals surface area contributed by atoms with E-state index in [1.807, 2.05) is 44.2 Å². The first-order valence-corrected chi connectivity index (χ1v) is 14.0. The van der Waals surface area contributed by atoms with Crippen molar-refractivity contribution in [2.24, 2.45) is 5.10 Å². The highest BCUT2D eigenvalue weighted by molar-refractivity contribution is 7.92. The zero-order valence-corrected chi connectivity index (χ0v) is 23.4. The van der Waals surface area contributed by atoms with Crippen LogP contribution in [0.2, 0.25) is 10.2 Å². The van der Waals surface area contributed by atoms with Gasteiger partial charge in [-0.3, -0.25) is 9.10 Å². The summed E-state index contributed by atoms with van der Waals surface area (Å²) in [7, 11) is -4.12. The molecule has 3 aromatic carbocycles. The Morgan fingerprint density at radius 1 is 1.05 bits per heavy atom. The van der Waals surface area contributed by atoms with Crippen molar-refractivity contribution in [2.45, 2.75) is 18.7 Å². The number of carbonyl (C=O) groups excluding carboxylic acids is 1. The number of sulfonamides is 1. The number of nitrogens with zero attached hydrogens (tertiary/aromatic N) is 4. The average molecular weight is 587 g/mol. The predicted octanol–water partition coefficient (Wildman–Crippen LogP) is 5.23. The van der Waals surface area contributed by atoms with E-state index >= 15 is 0 Å². The van der Waals surface area contributed by atoms with E-state index in [1.165, 1.54) is 30.5 Å². The first kappa shape index (κ1) is 28.2. The zero-order chi connectivity index (χ0) is 28.0. The molecule has 0 aliphatic heterocycles. The van der Waals surface area contributed by atoms with Gasteiger partial charge in [0.25, 0.3) is 15.9 Å². The maximum absolute atomic E-state index is 13.5. The molecule has 12 heteroatoms. The molecule has 0 saturated heterocycles. The van der Waals surface area contributed by atoms with Crippen molar-refractivity contribution >= 4 is 51.0 Å². The third-order valence-corrected chi connectivity index (χ3v) is 7.95. The summed E-state index contributed by atoms with van der Waals surface area (Å²) in [6.07, 6.45) is 1.37. The van der Waals surface area contributed by atoms with Crippen LogP contribution in [-0.4, -0.2) is 43.5 Å². The van der Waals surface area contributed by atoms with E-state index in [0.29, 0.717) is 28.6 Å². The number of nitrogens with one attached hydrogen (secondary N) is 1. The molecule has 0 aliphatic rings. The summed E-state index contributed by atoms with van der Waals surface area (Å²) in [5.41, 5.74) is 4.70. The first-order chi connectivity index (χ1) is 18.7. The van der Waals surface area contributed by atoms with E-state index in [2.05, 4.69) is 15.6 Å². The van der Waals surface area contributed by atoms with Crippen LogP contribution in [0, 0.1) is 6.92 Å². The minimum Gasteiger partial charge on any atom is -0.494 e. The molecule has 0 bridgehead atoms.